The van der Waals surface area contributed by atoms with Gasteiger partial charge in [-0.3, -0.25) is 4.79 Å². The molecule has 0 aliphatic carbocycles. The number of nitriles is 1. The van der Waals surface area contributed by atoms with E-state index in [2.05, 4.69) is 5.32 Å². The Morgan fingerprint density at radius 3 is 2.71 bits per heavy atom. The lowest BCUT2D eigenvalue weighted by molar-refractivity contribution is -0.115. The first kappa shape index (κ1) is 16.2. The minimum absolute atomic E-state index is 0.135. The first-order valence-corrected chi connectivity index (χ1v) is 8.58. The first-order chi connectivity index (χ1) is 10.1. The van der Waals surface area contributed by atoms with Crippen LogP contribution in [-0.2, 0) is 4.79 Å². The molecule has 3 nitrogen and oxygen atoms in total. The van der Waals surface area contributed by atoms with Gasteiger partial charge in [-0.15, -0.1) is 23.1 Å². The summed E-state index contributed by atoms with van der Waals surface area (Å²) < 4.78 is 0. The number of amides is 1. The van der Waals surface area contributed by atoms with Gasteiger partial charge in [-0.25, -0.2) is 0 Å². The molecule has 2 aromatic rings. The van der Waals surface area contributed by atoms with Crippen LogP contribution < -0.4 is 5.32 Å². The third-order valence-corrected chi connectivity index (χ3v) is 5.35. The highest BCUT2D eigenvalue weighted by Crippen LogP contribution is 2.34. The van der Waals surface area contributed by atoms with Gasteiger partial charge in [0.2, 0.25) is 5.91 Å². The Morgan fingerprint density at radius 2 is 2.05 bits per heavy atom. The maximum Gasteiger partial charge on any atom is 0.225 e. The minimum atomic E-state index is -0.135. The summed E-state index contributed by atoms with van der Waals surface area (Å²) in [5.41, 5.74) is 0.482. The maximum atomic E-state index is 11.8. The number of nitrogens with zero attached hydrogens (tertiary/aromatic N) is 1. The number of nitrogens with one attached hydrogen (secondary N) is 1. The Kier molecular flexibility index (Phi) is 5.95. The number of carbonyl (C=O) groups excluding carboxylic acids is 1. The van der Waals surface area contributed by atoms with Crippen LogP contribution in [0.5, 0.6) is 0 Å². The molecule has 0 aliphatic rings. The van der Waals surface area contributed by atoms with Gasteiger partial charge in [0.1, 0.15) is 11.1 Å². The van der Waals surface area contributed by atoms with Crippen molar-refractivity contribution in [2.75, 3.05) is 11.1 Å². The standard InChI is InChI=1S/C14H10Cl2N2OS2/c15-10-2-1-3-11(16)13(10)20-7-5-12(19)18-14-9(8-17)4-6-21-14/h1-4,6H,5,7H2,(H,18,19). The van der Waals surface area contributed by atoms with Gasteiger partial charge in [-0.1, -0.05) is 29.3 Å². The van der Waals surface area contributed by atoms with Gasteiger partial charge < -0.3 is 5.32 Å². The van der Waals surface area contributed by atoms with Crippen LogP contribution in [0.25, 0.3) is 0 Å². The number of hydrogen-bond acceptors (Lipinski definition) is 4. The Bertz CT molecular complexity index is 674. The van der Waals surface area contributed by atoms with Crippen LogP contribution in [0, 0.1) is 11.3 Å². The molecule has 0 bridgehead atoms. The van der Waals surface area contributed by atoms with Crippen molar-refractivity contribution in [1.82, 2.24) is 0 Å². The summed E-state index contributed by atoms with van der Waals surface area (Å²) in [6.45, 7) is 0. The van der Waals surface area contributed by atoms with Crippen molar-refractivity contribution in [1.29, 1.82) is 5.26 Å². The highest BCUT2D eigenvalue weighted by Gasteiger charge is 2.10. The van der Waals surface area contributed by atoms with Gasteiger partial charge in [-0.05, 0) is 23.6 Å². The summed E-state index contributed by atoms with van der Waals surface area (Å²) in [7, 11) is 0. The second-order valence-corrected chi connectivity index (χ2v) is 6.81. The Morgan fingerprint density at radius 1 is 1.33 bits per heavy atom. The van der Waals surface area contributed by atoms with E-state index in [1.54, 1.807) is 29.6 Å². The number of thioether (sulfide) groups is 1. The fourth-order valence-electron chi connectivity index (χ4n) is 1.55. The summed E-state index contributed by atoms with van der Waals surface area (Å²) in [6.07, 6.45) is 0.314. The van der Waals surface area contributed by atoms with Crippen LogP contribution in [0.1, 0.15) is 12.0 Å². The van der Waals surface area contributed by atoms with Gasteiger partial charge in [0.25, 0.3) is 0 Å². The molecule has 2 rings (SSSR count). The van der Waals surface area contributed by atoms with Gasteiger partial charge in [0.15, 0.2) is 0 Å². The number of anilines is 1. The number of halogens is 2. The van der Waals surface area contributed by atoms with Crippen molar-refractivity contribution in [3.63, 3.8) is 0 Å². The molecule has 0 atom stereocenters. The van der Waals surface area contributed by atoms with Crippen molar-refractivity contribution in [3.05, 3.63) is 45.3 Å². The van der Waals surface area contributed by atoms with Crippen LogP contribution >= 0.6 is 46.3 Å². The zero-order valence-electron chi connectivity index (χ0n) is 10.7. The lowest BCUT2D eigenvalue weighted by atomic mass is 10.3. The molecule has 0 radical (unpaired) electrons. The van der Waals surface area contributed by atoms with E-state index in [9.17, 15) is 4.79 Å². The second kappa shape index (κ2) is 7.71. The lowest BCUT2D eigenvalue weighted by Crippen LogP contribution is -2.11. The smallest absolute Gasteiger partial charge is 0.225 e. The average molecular weight is 357 g/mol. The van der Waals surface area contributed by atoms with Crippen molar-refractivity contribution < 1.29 is 4.79 Å². The van der Waals surface area contributed by atoms with Crippen LogP contribution in [0.3, 0.4) is 0 Å². The van der Waals surface area contributed by atoms with E-state index in [1.165, 1.54) is 23.1 Å². The van der Waals surface area contributed by atoms with E-state index in [4.69, 9.17) is 28.5 Å². The zero-order valence-corrected chi connectivity index (χ0v) is 13.9. The fraction of sp³-hybridized carbons (Fsp3) is 0.143. The Hall–Kier alpha value is -1.19. The molecule has 1 heterocycles. The third-order valence-electron chi connectivity index (χ3n) is 2.53. The van der Waals surface area contributed by atoms with E-state index >= 15 is 0 Å². The quantitative estimate of drug-likeness (QED) is 0.762. The van der Waals surface area contributed by atoms with Gasteiger partial charge >= 0.3 is 0 Å². The summed E-state index contributed by atoms with van der Waals surface area (Å²) in [6, 6.07) is 9.02. The Labute approximate surface area is 140 Å². The molecule has 0 saturated heterocycles. The zero-order chi connectivity index (χ0) is 15.2. The monoisotopic (exact) mass is 356 g/mol. The molecule has 1 aromatic carbocycles. The van der Waals surface area contributed by atoms with Gasteiger partial charge in [0, 0.05) is 17.1 Å². The molecular weight excluding hydrogens is 347 g/mol. The molecule has 0 fully saturated rings. The molecule has 1 N–H and O–H groups in total. The van der Waals surface area contributed by atoms with E-state index in [0.29, 0.717) is 32.8 Å². The molecule has 108 valence electrons. The number of hydrogen-bond donors (Lipinski definition) is 1. The lowest BCUT2D eigenvalue weighted by Gasteiger charge is -2.06. The van der Waals surface area contributed by atoms with Crippen molar-refractivity contribution in [2.45, 2.75) is 11.3 Å². The second-order valence-electron chi connectivity index (χ2n) is 3.97. The average Bonchev–Trinajstić information content (AvgIpc) is 2.89. The molecule has 1 aromatic heterocycles. The first-order valence-electron chi connectivity index (χ1n) is 5.96. The summed E-state index contributed by atoms with van der Waals surface area (Å²) in [5.74, 6) is 0.423. The van der Waals surface area contributed by atoms with Gasteiger partial charge in [-0.2, -0.15) is 5.26 Å². The summed E-state index contributed by atoms with van der Waals surface area (Å²) >= 11 is 14.9. The SMILES string of the molecule is N#Cc1ccsc1NC(=O)CCSc1c(Cl)cccc1Cl. The minimum Gasteiger partial charge on any atom is -0.317 e. The number of benzene rings is 1. The normalized spacial score (nSPS) is 10.1. The van der Waals surface area contributed by atoms with Crippen LogP contribution in [0.4, 0.5) is 5.00 Å². The van der Waals surface area contributed by atoms with E-state index in [-0.39, 0.29) is 5.91 Å². The van der Waals surface area contributed by atoms with Crippen LogP contribution in [0.2, 0.25) is 10.0 Å². The maximum absolute atomic E-state index is 11.8. The number of rotatable bonds is 5. The molecule has 0 aliphatic heterocycles. The summed E-state index contributed by atoms with van der Waals surface area (Å²) in [4.78, 5) is 12.6. The third kappa shape index (κ3) is 4.39. The van der Waals surface area contributed by atoms with Crippen LogP contribution in [-0.4, -0.2) is 11.7 Å². The molecule has 0 saturated carbocycles. The van der Waals surface area contributed by atoms with Crippen molar-refractivity contribution >= 4 is 57.2 Å². The predicted octanol–water partition coefficient (Wildman–Crippen LogP) is 5.05. The molecule has 21 heavy (non-hydrogen) atoms. The predicted molar refractivity (Wildman–Crippen MR) is 89.5 cm³/mol. The molecular formula is C14H10Cl2N2OS2. The summed E-state index contributed by atoms with van der Waals surface area (Å²) in [5, 5.41) is 15.1. The molecule has 1 amide bonds. The molecule has 0 spiro atoms. The topological polar surface area (TPSA) is 52.9 Å². The number of carbonyl (C=O) groups is 1. The van der Waals surface area contributed by atoms with E-state index in [0.717, 1.165) is 4.90 Å². The number of thiophene rings is 1. The van der Waals surface area contributed by atoms with Gasteiger partial charge in [0.05, 0.1) is 15.6 Å². The largest absolute Gasteiger partial charge is 0.317 e. The highest BCUT2D eigenvalue weighted by molar-refractivity contribution is 7.99. The molecule has 0 unspecified atom stereocenters. The molecule has 7 heteroatoms. The highest BCUT2D eigenvalue weighted by atomic mass is 35.5. The van der Waals surface area contributed by atoms with E-state index in [1.807, 2.05) is 6.07 Å². The Balaban J connectivity index is 1.87. The van der Waals surface area contributed by atoms with Crippen molar-refractivity contribution in [3.8, 4) is 6.07 Å². The van der Waals surface area contributed by atoms with Crippen molar-refractivity contribution in [2.24, 2.45) is 0 Å². The van der Waals surface area contributed by atoms with Crippen LogP contribution in [0.15, 0.2) is 34.5 Å². The van der Waals surface area contributed by atoms with E-state index < -0.39 is 0 Å². The fourth-order valence-corrected chi connectivity index (χ4v) is 3.93.